The second-order valence-electron chi connectivity index (χ2n) is 6.70. The standard InChI is InChI=1S/C21H25NO2/c1-4-5-14-22-15-21(24-20(22)23,18-10-6-16(2)7-11-18)19-12-8-17(3)9-13-19/h6-13H,4-5,14-15H2,1-3H3. The normalized spacial score (nSPS) is 16.3. The van der Waals surface area contributed by atoms with E-state index < -0.39 is 5.60 Å². The predicted molar refractivity (Wildman–Crippen MR) is 96.1 cm³/mol. The van der Waals surface area contributed by atoms with E-state index in [1.807, 2.05) is 4.90 Å². The van der Waals surface area contributed by atoms with Crippen molar-refractivity contribution in [3.8, 4) is 0 Å². The second-order valence-corrected chi connectivity index (χ2v) is 6.70. The number of aryl methyl sites for hydroxylation is 2. The number of benzene rings is 2. The Morgan fingerprint density at radius 2 is 1.46 bits per heavy atom. The molecule has 0 aliphatic carbocycles. The van der Waals surface area contributed by atoms with E-state index in [-0.39, 0.29) is 6.09 Å². The summed E-state index contributed by atoms with van der Waals surface area (Å²) in [6.07, 6.45) is 1.84. The second kappa shape index (κ2) is 6.68. The number of rotatable bonds is 5. The summed E-state index contributed by atoms with van der Waals surface area (Å²) in [5.41, 5.74) is 3.75. The number of hydrogen-bond donors (Lipinski definition) is 0. The molecule has 0 atom stereocenters. The summed E-state index contributed by atoms with van der Waals surface area (Å²) in [7, 11) is 0. The summed E-state index contributed by atoms with van der Waals surface area (Å²) in [5.74, 6) is 0. The van der Waals surface area contributed by atoms with Gasteiger partial charge in [-0.15, -0.1) is 0 Å². The Labute approximate surface area is 144 Å². The van der Waals surface area contributed by atoms with Crippen LogP contribution in [-0.2, 0) is 10.3 Å². The van der Waals surface area contributed by atoms with Crippen LogP contribution in [0.15, 0.2) is 48.5 Å². The Hall–Kier alpha value is -2.29. The van der Waals surface area contributed by atoms with Crippen molar-refractivity contribution in [3.63, 3.8) is 0 Å². The molecule has 0 saturated carbocycles. The number of nitrogens with zero attached hydrogens (tertiary/aromatic N) is 1. The van der Waals surface area contributed by atoms with Crippen LogP contribution in [0, 0.1) is 13.8 Å². The van der Waals surface area contributed by atoms with Crippen LogP contribution in [0.3, 0.4) is 0 Å². The molecule has 24 heavy (non-hydrogen) atoms. The van der Waals surface area contributed by atoms with Crippen molar-refractivity contribution < 1.29 is 9.53 Å². The molecule has 0 spiro atoms. The zero-order chi connectivity index (χ0) is 17.2. The highest BCUT2D eigenvalue weighted by molar-refractivity contribution is 5.72. The van der Waals surface area contributed by atoms with Gasteiger partial charge in [-0.1, -0.05) is 73.0 Å². The van der Waals surface area contributed by atoms with Gasteiger partial charge in [0.1, 0.15) is 0 Å². The molecule has 1 amide bonds. The number of ether oxygens (including phenoxy) is 1. The molecule has 0 radical (unpaired) electrons. The fourth-order valence-electron chi connectivity index (χ4n) is 3.21. The average Bonchev–Trinajstić information content (AvgIpc) is 2.92. The average molecular weight is 323 g/mol. The first-order valence-electron chi connectivity index (χ1n) is 8.67. The summed E-state index contributed by atoms with van der Waals surface area (Å²) >= 11 is 0. The molecule has 0 aromatic heterocycles. The van der Waals surface area contributed by atoms with Crippen molar-refractivity contribution in [1.82, 2.24) is 4.90 Å². The molecular weight excluding hydrogens is 298 g/mol. The summed E-state index contributed by atoms with van der Waals surface area (Å²) in [6.45, 7) is 7.58. The minimum Gasteiger partial charge on any atom is -0.431 e. The first kappa shape index (κ1) is 16.6. The molecule has 1 fully saturated rings. The molecule has 3 rings (SSSR count). The van der Waals surface area contributed by atoms with Crippen LogP contribution in [0.4, 0.5) is 4.79 Å². The van der Waals surface area contributed by atoms with Crippen molar-refractivity contribution in [1.29, 1.82) is 0 Å². The van der Waals surface area contributed by atoms with Gasteiger partial charge in [-0.05, 0) is 20.3 Å². The number of hydrogen-bond acceptors (Lipinski definition) is 2. The van der Waals surface area contributed by atoms with Gasteiger partial charge in [0, 0.05) is 17.7 Å². The SMILES string of the molecule is CCCCN1CC(c2ccc(C)cc2)(c2ccc(C)cc2)OC1=O. The Kier molecular flexibility index (Phi) is 4.61. The van der Waals surface area contributed by atoms with Gasteiger partial charge in [0.25, 0.3) is 0 Å². The molecule has 3 heteroatoms. The van der Waals surface area contributed by atoms with Crippen molar-refractivity contribution in [2.75, 3.05) is 13.1 Å². The Morgan fingerprint density at radius 3 is 1.92 bits per heavy atom. The number of carbonyl (C=O) groups is 1. The lowest BCUT2D eigenvalue weighted by Gasteiger charge is -2.28. The molecule has 1 heterocycles. The van der Waals surface area contributed by atoms with Crippen LogP contribution < -0.4 is 0 Å². The Morgan fingerprint density at radius 1 is 0.958 bits per heavy atom. The fraction of sp³-hybridized carbons (Fsp3) is 0.381. The molecule has 2 aromatic carbocycles. The largest absolute Gasteiger partial charge is 0.431 e. The lowest BCUT2D eigenvalue weighted by molar-refractivity contribution is 0.0859. The smallest absolute Gasteiger partial charge is 0.411 e. The van der Waals surface area contributed by atoms with E-state index in [1.54, 1.807) is 0 Å². The summed E-state index contributed by atoms with van der Waals surface area (Å²) in [4.78, 5) is 14.3. The van der Waals surface area contributed by atoms with Gasteiger partial charge in [-0.3, -0.25) is 0 Å². The summed E-state index contributed by atoms with van der Waals surface area (Å²) in [6, 6.07) is 16.6. The van der Waals surface area contributed by atoms with E-state index in [4.69, 9.17) is 4.74 Å². The third-order valence-electron chi connectivity index (χ3n) is 4.75. The molecular formula is C21H25NO2. The third kappa shape index (κ3) is 3.03. The molecule has 1 aliphatic heterocycles. The molecule has 0 N–H and O–H groups in total. The highest BCUT2D eigenvalue weighted by Crippen LogP contribution is 2.40. The molecule has 1 aliphatic rings. The maximum absolute atomic E-state index is 12.5. The quantitative estimate of drug-likeness (QED) is 0.791. The van der Waals surface area contributed by atoms with Gasteiger partial charge in [-0.2, -0.15) is 0 Å². The van der Waals surface area contributed by atoms with Crippen molar-refractivity contribution in [3.05, 3.63) is 70.8 Å². The number of unbranched alkanes of at least 4 members (excludes halogenated alkanes) is 1. The molecule has 1 saturated heterocycles. The Balaban J connectivity index is 2.03. The van der Waals surface area contributed by atoms with Crippen LogP contribution in [0.5, 0.6) is 0 Å². The summed E-state index contributed by atoms with van der Waals surface area (Å²) in [5, 5.41) is 0. The first-order chi connectivity index (χ1) is 11.5. The van der Waals surface area contributed by atoms with Gasteiger partial charge in [-0.25, -0.2) is 4.79 Å². The molecule has 3 nitrogen and oxygen atoms in total. The van der Waals surface area contributed by atoms with Gasteiger partial charge < -0.3 is 9.64 Å². The third-order valence-corrected chi connectivity index (χ3v) is 4.75. The van der Waals surface area contributed by atoms with Crippen LogP contribution in [0.1, 0.15) is 42.0 Å². The number of carbonyl (C=O) groups excluding carboxylic acids is 1. The topological polar surface area (TPSA) is 29.5 Å². The van der Waals surface area contributed by atoms with Crippen molar-refractivity contribution in [2.45, 2.75) is 39.2 Å². The molecule has 2 aromatic rings. The minimum atomic E-state index is -0.716. The molecule has 126 valence electrons. The van der Waals surface area contributed by atoms with E-state index in [1.165, 1.54) is 11.1 Å². The van der Waals surface area contributed by atoms with E-state index in [0.29, 0.717) is 6.54 Å². The zero-order valence-electron chi connectivity index (χ0n) is 14.7. The van der Waals surface area contributed by atoms with Gasteiger partial charge in [0.15, 0.2) is 5.60 Å². The van der Waals surface area contributed by atoms with Gasteiger partial charge in [0.2, 0.25) is 0 Å². The Bertz CT molecular complexity index is 658. The van der Waals surface area contributed by atoms with Crippen molar-refractivity contribution in [2.24, 2.45) is 0 Å². The minimum absolute atomic E-state index is 0.218. The highest BCUT2D eigenvalue weighted by Gasteiger charge is 2.47. The molecule has 0 bridgehead atoms. The van der Waals surface area contributed by atoms with Crippen LogP contribution in [0.25, 0.3) is 0 Å². The van der Waals surface area contributed by atoms with Gasteiger partial charge in [0.05, 0.1) is 6.54 Å². The maximum Gasteiger partial charge on any atom is 0.411 e. The highest BCUT2D eigenvalue weighted by atomic mass is 16.6. The van der Waals surface area contributed by atoms with Crippen molar-refractivity contribution >= 4 is 6.09 Å². The van der Waals surface area contributed by atoms with E-state index in [9.17, 15) is 4.79 Å². The van der Waals surface area contributed by atoms with Crippen LogP contribution in [0.2, 0.25) is 0 Å². The summed E-state index contributed by atoms with van der Waals surface area (Å²) < 4.78 is 6.00. The lowest BCUT2D eigenvalue weighted by atomic mass is 9.85. The van der Waals surface area contributed by atoms with Crippen LogP contribution >= 0.6 is 0 Å². The number of amides is 1. The van der Waals surface area contributed by atoms with Crippen LogP contribution in [-0.4, -0.2) is 24.1 Å². The van der Waals surface area contributed by atoms with Gasteiger partial charge >= 0.3 is 6.09 Å². The lowest BCUT2D eigenvalue weighted by Crippen LogP contribution is -2.33. The first-order valence-corrected chi connectivity index (χ1v) is 8.67. The fourth-order valence-corrected chi connectivity index (χ4v) is 3.21. The van der Waals surface area contributed by atoms with E-state index in [2.05, 4.69) is 69.3 Å². The zero-order valence-corrected chi connectivity index (χ0v) is 14.7. The van der Waals surface area contributed by atoms with E-state index in [0.717, 1.165) is 30.5 Å². The van der Waals surface area contributed by atoms with E-state index >= 15 is 0 Å². The monoisotopic (exact) mass is 323 g/mol. The number of cyclic esters (lactones) is 1. The predicted octanol–water partition coefficient (Wildman–Crippen LogP) is 4.80. The maximum atomic E-state index is 12.5. The molecule has 0 unspecified atom stereocenters.